The molecule has 3 aromatic rings. The zero-order chi connectivity index (χ0) is 18.1. The molecule has 0 aliphatic heterocycles. The Hall–Kier alpha value is -2.59. The van der Waals surface area contributed by atoms with Crippen LogP contribution in [0.3, 0.4) is 0 Å². The molecule has 1 atom stereocenters. The second-order valence-electron chi connectivity index (χ2n) is 7.58. The fraction of sp³-hybridized carbons (Fsp3) is 0.318. The molecule has 1 aliphatic carbocycles. The van der Waals surface area contributed by atoms with Gasteiger partial charge in [0.15, 0.2) is 0 Å². The summed E-state index contributed by atoms with van der Waals surface area (Å²) in [5, 5.41) is 4.09. The van der Waals surface area contributed by atoms with Crippen molar-refractivity contribution < 1.29 is 4.79 Å². The minimum absolute atomic E-state index is 0.0950. The average molecular weight is 347 g/mol. The van der Waals surface area contributed by atoms with Crippen molar-refractivity contribution in [2.75, 3.05) is 26.0 Å². The summed E-state index contributed by atoms with van der Waals surface area (Å²) in [5.41, 5.74) is 5.24. The first-order valence-electron chi connectivity index (χ1n) is 9.24. The first-order chi connectivity index (χ1) is 12.6. The lowest BCUT2D eigenvalue weighted by Crippen LogP contribution is -2.26. The molecular formula is C22H25N3O. The summed E-state index contributed by atoms with van der Waals surface area (Å²) in [6.07, 6.45) is 3.43. The minimum Gasteiger partial charge on any atom is -0.351 e. The second-order valence-corrected chi connectivity index (χ2v) is 7.58. The number of nitrogens with one attached hydrogen (secondary N) is 2. The highest BCUT2D eigenvalue weighted by atomic mass is 16.1. The van der Waals surface area contributed by atoms with Crippen LogP contribution in [0.15, 0.2) is 48.5 Å². The molecule has 1 aliphatic rings. The van der Waals surface area contributed by atoms with Crippen LogP contribution >= 0.6 is 0 Å². The standard InChI is InChI=1S/C22H25N3O/c1-25(2)14-15-7-8-17-12-19(10-9-16(17)11-15)23-22(26)21-13-18-5-3-4-6-20(18)24-21/h3-6,9-10,12-13,15,24H,7-8,11,14H2,1-2H3,(H,23,26). The van der Waals surface area contributed by atoms with Gasteiger partial charge in [0.2, 0.25) is 0 Å². The van der Waals surface area contributed by atoms with Crippen LogP contribution < -0.4 is 5.32 Å². The number of aromatic nitrogens is 1. The van der Waals surface area contributed by atoms with Gasteiger partial charge in [-0.05, 0) is 74.7 Å². The van der Waals surface area contributed by atoms with Crippen LogP contribution in [0, 0.1) is 5.92 Å². The monoisotopic (exact) mass is 347 g/mol. The predicted molar refractivity (Wildman–Crippen MR) is 107 cm³/mol. The van der Waals surface area contributed by atoms with Crippen molar-refractivity contribution in [3.63, 3.8) is 0 Å². The third kappa shape index (κ3) is 3.51. The number of hydrogen-bond acceptors (Lipinski definition) is 2. The molecule has 0 bridgehead atoms. The van der Waals surface area contributed by atoms with Gasteiger partial charge < -0.3 is 15.2 Å². The number of amides is 1. The Labute approximate surface area is 154 Å². The molecule has 4 heteroatoms. The third-order valence-electron chi connectivity index (χ3n) is 5.19. The van der Waals surface area contributed by atoms with E-state index in [2.05, 4.69) is 41.4 Å². The van der Waals surface area contributed by atoms with Gasteiger partial charge in [-0.15, -0.1) is 0 Å². The lowest BCUT2D eigenvalue weighted by molar-refractivity contribution is 0.102. The molecule has 1 aromatic heterocycles. The van der Waals surface area contributed by atoms with E-state index in [4.69, 9.17) is 0 Å². The first-order valence-corrected chi connectivity index (χ1v) is 9.24. The summed E-state index contributed by atoms with van der Waals surface area (Å²) in [6, 6.07) is 16.2. The van der Waals surface area contributed by atoms with Crippen molar-refractivity contribution in [3.05, 3.63) is 65.4 Å². The fourth-order valence-corrected chi connectivity index (χ4v) is 3.97. The number of H-pyrrole nitrogens is 1. The van der Waals surface area contributed by atoms with Crippen LogP contribution in [0.2, 0.25) is 0 Å². The summed E-state index contributed by atoms with van der Waals surface area (Å²) in [7, 11) is 4.27. The fourth-order valence-electron chi connectivity index (χ4n) is 3.97. The lowest BCUT2D eigenvalue weighted by Gasteiger charge is -2.27. The van der Waals surface area contributed by atoms with Gasteiger partial charge in [0.1, 0.15) is 5.69 Å². The molecule has 1 heterocycles. The van der Waals surface area contributed by atoms with E-state index in [1.807, 2.05) is 36.4 Å². The molecule has 4 rings (SSSR count). The van der Waals surface area contributed by atoms with Gasteiger partial charge in [0.05, 0.1) is 0 Å². The summed E-state index contributed by atoms with van der Waals surface area (Å²) < 4.78 is 0. The molecular weight excluding hydrogens is 322 g/mol. The molecule has 1 unspecified atom stereocenters. The molecule has 26 heavy (non-hydrogen) atoms. The normalized spacial score (nSPS) is 16.7. The zero-order valence-electron chi connectivity index (χ0n) is 15.4. The van der Waals surface area contributed by atoms with Gasteiger partial charge in [-0.25, -0.2) is 0 Å². The Bertz CT molecular complexity index is 908. The van der Waals surface area contributed by atoms with Gasteiger partial charge in [-0.3, -0.25) is 4.79 Å². The Morgan fingerprint density at radius 3 is 2.81 bits per heavy atom. The van der Waals surface area contributed by atoms with E-state index in [9.17, 15) is 4.79 Å². The van der Waals surface area contributed by atoms with Crippen LogP contribution in [-0.2, 0) is 12.8 Å². The number of aromatic amines is 1. The van der Waals surface area contributed by atoms with Crippen molar-refractivity contribution in [2.24, 2.45) is 5.92 Å². The van der Waals surface area contributed by atoms with Crippen molar-refractivity contribution in [2.45, 2.75) is 19.3 Å². The van der Waals surface area contributed by atoms with Crippen LogP contribution in [0.25, 0.3) is 10.9 Å². The van der Waals surface area contributed by atoms with E-state index < -0.39 is 0 Å². The highest BCUT2D eigenvalue weighted by Crippen LogP contribution is 2.28. The van der Waals surface area contributed by atoms with Crippen molar-refractivity contribution >= 4 is 22.5 Å². The smallest absolute Gasteiger partial charge is 0.272 e. The summed E-state index contributed by atoms with van der Waals surface area (Å²) in [6.45, 7) is 1.14. The van der Waals surface area contributed by atoms with Crippen LogP contribution in [-0.4, -0.2) is 36.4 Å². The maximum absolute atomic E-state index is 12.6. The van der Waals surface area contributed by atoms with Gasteiger partial charge in [-0.1, -0.05) is 24.3 Å². The molecule has 2 aromatic carbocycles. The number of carbonyl (C=O) groups excluding carboxylic acids is 1. The molecule has 0 radical (unpaired) electrons. The number of carbonyl (C=O) groups is 1. The lowest BCUT2D eigenvalue weighted by atomic mass is 9.83. The molecule has 0 spiro atoms. The van der Waals surface area contributed by atoms with Gasteiger partial charge in [0, 0.05) is 23.1 Å². The van der Waals surface area contributed by atoms with Crippen molar-refractivity contribution in [3.8, 4) is 0 Å². The first kappa shape index (κ1) is 16.9. The molecule has 134 valence electrons. The number of anilines is 1. The summed E-state index contributed by atoms with van der Waals surface area (Å²) in [5.74, 6) is 0.631. The third-order valence-corrected chi connectivity index (χ3v) is 5.19. The van der Waals surface area contributed by atoms with Crippen LogP contribution in [0.5, 0.6) is 0 Å². The van der Waals surface area contributed by atoms with Crippen LogP contribution in [0.4, 0.5) is 5.69 Å². The van der Waals surface area contributed by atoms with E-state index in [1.165, 1.54) is 17.5 Å². The number of hydrogen-bond donors (Lipinski definition) is 2. The minimum atomic E-state index is -0.0950. The largest absolute Gasteiger partial charge is 0.351 e. The van der Waals surface area contributed by atoms with Crippen LogP contribution in [0.1, 0.15) is 28.0 Å². The molecule has 0 saturated heterocycles. The highest BCUT2D eigenvalue weighted by Gasteiger charge is 2.20. The number of aryl methyl sites for hydroxylation is 1. The SMILES string of the molecule is CN(C)CC1CCc2cc(NC(=O)c3cc4ccccc4[nH]3)ccc2C1. The van der Waals surface area contributed by atoms with E-state index in [-0.39, 0.29) is 5.91 Å². The van der Waals surface area contributed by atoms with E-state index in [0.29, 0.717) is 5.69 Å². The van der Waals surface area contributed by atoms with Crippen molar-refractivity contribution in [1.29, 1.82) is 0 Å². The molecule has 4 nitrogen and oxygen atoms in total. The number of para-hydroxylation sites is 1. The molecule has 1 amide bonds. The maximum Gasteiger partial charge on any atom is 0.272 e. The van der Waals surface area contributed by atoms with Gasteiger partial charge in [-0.2, -0.15) is 0 Å². The molecule has 2 N–H and O–H groups in total. The number of benzene rings is 2. The Balaban J connectivity index is 1.48. The zero-order valence-corrected chi connectivity index (χ0v) is 15.4. The quantitative estimate of drug-likeness (QED) is 0.747. The maximum atomic E-state index is 12.6. The predicted octanol–water partition coefficient (Wildman–Crippen LogP) is 4.09. The summed E-state index contributed by atoms with van der Waals surface area (Å²) in [4.78, 5) is 18.0. The van der Waals surface area contributed by atoms with E-state index >= 15 is 0 Å². The van der Waals surface area contributed by atoms with E-state index in [0.717, 1.165) is 41.9 Å². The molecule has 0 fully saturated rings. The number of nitrogens with zero attached hydrogens (tertiary/aromatic N) is 1. The molecule has 0 saturated carbocycles. The topological polar surface area (TPSA) is 48.1 Å². The number of fused-ring (bicyclic) bond motifs is 2. The second kappa shape index (κ2) is 6.96. The number of rotatable bonds is 4. The Kier molecular flexibility index (Phi) is 4.51. The Morgan fingerprint density at radius 1 is 1.15 bits per heavy atom. The van der Waals surface area contributed by atoms with Gasteiger partial charge in [0.25, 0.3) is 5.91 Å². The summed E-state index contributed by atoms with van der Waals surface area (Å²) >= 11 is 0. The van der Waals surface area contributed by atoms with Gasteiger partial charge >= 0.3 is 0 Å². The van der Waals surface area contributed by atoms with E-state index in [1.54, 1.807) is 0 Å². The van der Waals surface area contributed by atoms with Crippen molar-refractivity contribution in [1.82, 2.24) is 9.88 Å². The average Bonchev–Trinajstić information content (AvgIpc) is 3.05. The highest BCUT2D eigenvalue weighted by molar-refractivity contribution is 6.05. The Morgan fingerprint density at radius 2 is 2.00 bits per heavy atom.